The lowest BCUT2D eigenvalue weighted by atomic mass is 10.2. The molecule has 13 heavy (non-hydrogen) atoms. The summed E-state index contributed by atoms with van der Waals surface area (Å²) in [4.78, 5) is 22.0. The molecule has 0 aromatic carbocycles. The van der Waals surface area contributed by atoms with Crippen LogP contribution in [0.2, 0.25) is 0 Å². The largest absolute Gasteiger partial charge is 0.503 e. The lowest BCUT2D eigenvalue weighted by Gasteiger charge is -2.03. The minimum absolute atomic E-state index is 0.120. The van der Waals surface area contributed by atoms with Crippen molar-refractivity contribution in [1.82, 2.24) is 4.73 Å². The fourth-order valence-electron chi connectivity index (χ4n) is 0.903. The molecule has 0 amide bonds. The molecule has 1 aromatic rings. The highest BCUT2D eigenvalue weighted by Crippen LogP contribution is 2.04. The van der Waals surface area contributed by atoms with Crippen LogP contribution < -0.4 is 5.43 Å². The number of pyridine rings is 1. The van der Waals surface area contributed by atoms with E-state index in [2.05, 4.69) is 0 Å². The van der Waals surface area contributed by atoms with Crippen molar-refractivity contribution < 1.29 is 15.1 Å². The van der Waals surface area contributed by atoms with E-state index in [-0.39, 0.29) is 17.9 Å². The van der Waals surface area contributed by atoms with Gasteiger partial charge in [0.05, 0.1) is 6.20 Å². The predicted octanol–water partition coefficient (Wildman–Crippen LogP) is 0.384. The van der Waals surface area contributed by atoms with Gasteiger partial charge in [-0.05, 0) is 0 Å². The maximum atomic E-state index is 11.1. The molecule has 0 fully saturated rings. The van der Waals surface area contributed by atoms with Crippen molar-refractivity contribution in [2.24, 2.45) is 0 Å². The molecule has 5 heteroatoms. The first-order valence-electron chi connectivity index (χ1n) is 3.74. The summed E-state index contributed by atoms with van der Waals surface area (Å²) in [6.45, 7) is 1.61. The Balaban J connectivity index is 3.32. The average Bonchev–Trinajstić information content (AvgIpc) is 2.10. The summed E-state index contributed by atoms with van der Waals surface area (Å²) >= 11 is 0. The molecule has 0 unspecified atom stereocenters. The number of carbonyl (C=O) groups is 1. The van der Waals surface area contributed by atoms with Crippen molar-refractivity contribution in [2.75, 3.05) is 0 Å². The van der Waals surface area contributed by atoms with Crippen LogP contribution in [0.5, 0.6) is 5.75 Å². The van der Waals surface area contributed by atoms with Crippen molar-refractivity contribution in [2.45, 2.75) is 13.3 Å². The second-order valence-corrected chi connectivity index (χ2v) is 2.53. The summed E-state index contributed by atoms with van der Waals surface area (Å²) in [7, 11) is 0. The molecule has 70 valence electrons. The predicted molar refractivity (Wildman–Crippen MR) is 44.2 cm³/mol. The average molecular weight is 183 g/mol. The molecule has 1 heterocycles. The van der Waals surface area contributed by atoms with E-state index in [9.17, 15) is 9.59 Å². The van der Waals surface area contributed by atoms with Gasteiger partial charge in [0.15, 0.2) is 11.5 Å². The van der Waals surface area contributed by atoms with Gasteiger partial charge in [0.2, 0.25) is 5.43 Å². The highest BCUT2D eigenvalue weighted by molar-refractivity contribution is 5.94. The van der Waals surface area contributed by atoms with Crippen LogP contribution in [0.1, 0.15) is 23.8 Å². The van der Waals surface area contributed by atoms with Gasteiger partial charge < -0.3 is 10.3 Å². The third-order valence-corrected chi connectivity index (χ3v) is 1.62. The molecule has 0 bridgehead atoms. The molecule has 0 saturated carbocycles. The monoisotopic (exact) mass is 183 g/mol. The van der Waals surface area contributed by atoms with Crippen molar-refractivity contribution in [3.05, 3.63) is 28.2 Å². The minimum Gasteiger partial charge on any atom is -0.503 e. The minimum atomic E-state index is -0.679. The van der Waals surface area contributed by atoms with E-state index in [0.29, 0.717) is 4.73 Å². The highest BCUT2D eigenvalue weighted by atomic mass is 16.5. The molecule has 0 aliphatic heterocycles. The SMILES string of the molecule is CCC(=O)c1cc(=O)c(O)cn1O. The van der Waals surface area contributed by atoms with E-state index in [0.717, 1.165) is 12.3 Å². The second-order valence-electron chi connectivity index (χ2n) is 2.53. The van der Waals surface area contributed by atoms with Crippen molar-refractivity contribution in [3.8, 4) is 5.75 Å². The Morgan fingerprint density at radius 3 is 2.77 bits per heavy atom. The van der Waals surface area contributed by atoms with Crippen LogP contribution in [0, 0.1) is 0 Å². The summed E-state index contributed by atoms with van der Waals surface area (Å²) < 4.78 is 0.447. The summed E-state index contributed by atoms with van der Waals surface area (Å²) in [5.41, 5.74) is -0.799. The number of ketones is 1. The van der Waals surface area contributed by atoms with Gasteiger partial charge in [0, 0.05) is 12.5 Å². The Bertz CT molecular complexity index is 394. The Morgan fingerprint density at radius 1 is 1.62 bits per heavy atom. The number of nitrogens with zero attached hydrogens (tertiary/aromatic N) is 1. The number of carbonyl (C=O) groups excluding carboxylic acids is 1. The van der Waals surface area contributed by atoms with Crippen LogP contribution in [0.15, 0.2) is 17.1 Å². The smallest absolute Gasteiger partial charge is 0.224 e. The van der Waals surface area contributed by atoms with Gasteiger partial charge in [-0.15, -0.1) is 0 Å². The molecule has 0 spiro atoms. The van der Waals surface area contributed by atoms with E-state index in [1.807, 2.05) is 0 Å². The standard InChI is InChI=1S/C8H9NO4/c1-2-6(10)5-3-7(11)8(12)4-9(5)13/h3-4,12-13H,2H2,1H3. The Labute approximate surface area is 73.8 Å². The number of hydrogen-bond donors (Lipinski definition) is 2. The van der Waals surface area contributed by atoms with Crippen molar-refractivity contribution >= 4 is 5.78 Å². The normalized spacial score (nSPS) is 9.92. The van der Waals surface area contributed by atoms with Crippen LogP contribution in [0.4, 0.5) is 0 Å². The number of aromatic nitrogens is 1. The zero-order chi connectivity index (χ0) is 10.0. The van der Waals surface area contributed by atoms with E-state index in [1.54, 1.807) is 6.92 Å². The van der Waals surface area contributed by atoms with Gasteiger partial charge in [-0.3, -0.25) is 9.59 Å². The molecule has 1 rings (SSSR count). The van der Waals surface area contributed by atoms with Crippen LogP contribution in [-0.2, 0) is 0 Å². The van der Waals surface area contributed by atoms with Crippen molar-refractivity contribution in [3.63, 3.8) is 0 Å². The molecule has 0 aliphatic carbocycles. The Morgan fingerprint density at radius 2 is 2.23 bits per heavy atom. The quantitative estimate of drug-likeness (QED) is 0.513. The van der Waals surface area contributed by atoms with E-state index in [1.165, 1.54) is 0 Å². The zero-order valence-corrected chi connectivity index (χ0v) is 7.02. The second kappa shape index (κ2) is 3.30. The van der Waals surface area contributed by atoms with E-state index >= 15 is 0 Å². The van der Waals surface area contributed by atoms with E-state index in [4.69, 9.17) is 10.3 Å². The molecule has 2 N–H and O–H groups in total. The fourth-order valence-corrected chi connectivity index (χ4v) is 0.903. The number of aromatic hydroxyl groups is 1. The third-order valence-electron chi connectivity index (χ3n) is 1.62. The molecule has 5 nitrogen and oxygen atoms in total. The fraction of sp³-hybridized carbons (Fsp3) is 0.250. The van der Waals surface area contributed by atoms with Gasteiger partial charge in [-0.1, -0.05) is 6.92 Å². The maximum absolute atomic E-state index is 11.1. The number of hydrogen-bond acceptors (Lipinski definition) is 4. The zero-order valence-electron chi connectivity index (χ0n) is 7.02. The van der Waals surface area contributed by atoms with Crippen LogP contribution >= 0.6 is 0 Å². The summed E-state index contributed by atoms with van der Waals surface area (Å²) in [6, 6.07) is 0.904. The summed E-state index contributed by atoms with van der Waals surface area (Å²) in [6.07, 6.45) is 0.982. The number of Topliss-reactive ketones (excluding diaryl/α,β-unsaturated/α-hetero) is 1. The topological polar surface area (TPSA) is 79.5 Å². The van der Waals surface area contributed by atoms with Gasteiger partial charge >= 0.3 is 0 Å². The van der Waals surface area contributed by atoms with Crippen LogP contribution in [0.25, 0.3) is 0 Å². The van der Waals surface area contributed by atoms with Gasteiger partial charge in [-0.2, -0.15) is 4.73 Å². The number of rotatable bonds is 2. The lowest BCUT2D eigenvalue weighted by Crippen LogP contribution is -2.14. The molecule has 0 radical (unpaired) electrons. The van der Waals surface area contributed by atoms with Crippen molar-refractivity contribution in [1.29, 1.82) is 0 Å². The first-order valence-corrected chi connectivity index (χ1v) is 3.74. The molecular formula is C8H9NO4. The molecular weight excluding hydrogens is 174 g/mol. The van der Waals surface area contributed by atoms with E-state index < -0.39 is 11.2 Å². The van der Waals surface area contributed by atoms with Gasteiger partial charge in [-0.25, -0.2) is 0 Å². The molecule has 0 aliphatic rings. The first kappa shape index (κ1) is 9.31. The molecule has 0 saturated heterocycles. The Kier molecular flexibility index (Phi) is 2.36. The maximum Gasteiger partial charge on any atom is 0.224 e. The first-order chi connectivity index (χ1) is 6.06. The third kappa shape index (κ3) is 1.69. The van der Waals surface area contributed by atoms with Gasteiger partial charge in [0.1, 0.15) is 5.69 Å². The highest BCUT2D eigenvalue weighted by Gasteiger charge is 2.10. The van der Waals surface area contributed by atoms with Crippen LogP contribution in [0.3, 0.4) is 0 Å². The summed E-state index contributed by atoms with van der Waals surface area (Å²) in [5.74, 6) is -0.949. The molecule has 0 atom stereocenters. The molecule has 1 aromatic heterocycles. The van der Waals surface area contributed by atoms with Gasteiger partial charge in [0.25, 0.3) is 0 Å². The van der Waals surface area contributed by atoms with Crippen LogP contribution in [-0.4, -0.2) is 20.8 Å². The summed E-state index contributed by atoms with van der Waals surface area (Å²) in [5, 5.41) is 18.0. The Hall–Kier alpha value is -1.78. The lowest BCUT2D eigenvalue weighted by molar-refractivity contribution is 0.0932.